The summed E-state index contributed by atoms with van der Waals surface area (Å²) in [4.78, 5) is 4.12. The number of nitrogens with one attached hydrogen (secondary N) is 1. The SMILES string of the molecule is C/C=C\C(=N)C(=NC)c1ccnn1-c1ccccc1F. The van der Waals surface area contributed by atoms with E-state index in [0.717, 1.165) is 0 Å². The van der Waals surface area contributed by atoms with Crippen LogP contribution in [0.4, 0.5) is 4.39 Å². The van der Waals surface area contributed by atoms with Crippen molar-refractivity contribution < 1.29 is 4.39 Å². The van der Waals surface area contributed by atoms with Gasteiger partial charge in [0.15, 0.2) is 0 Å². The average molecular weight is 270 g/mol. The van der Waals surface area contributed by atoms with Gasteiger partial charge in [-0.05, 0) is 31.2 Å². The van der Waals surface area contributed by atoms with E-state index in [-0.39, 0.29) is 11.5 Å². The summed E-state index contributed by atoms with van der Waals surface area (Å²) in [6.45, 7) is 1.83. The lowest BCUT2D eigenvalue weighted by molar-refractivity contribution is 0.610. The molecule has 0 saturated carbocycles. The Balaban J connectivity index is 2.54. The monoisotopic (exact) mass is 270 g/mol. The molecule has 0 aliphatic heterocycles. The Morgan fingerprint density at radius 2 is 2.10 bits per heavy atom. The Labute approximate surface area is 116 Å². The van der Waals surface area contributed by atoms with Gasteiger partial charge in [0.1, 0.15) is 17.2 Å². The lowest BCUT2D eigenvalue weighted by Crippen LogP contribution is -2.17. The van der Waals surface area contributed by atoms with Gasteiger partial charge < -0.3 is 0 Å². The molecular formula is C15H15FN4. The first kappa shape index (κ1) is 13.9. The first-order valence-electron chi connectivity index (χ1n) is 6.16. The van der Waals surface area contributed by atoms with Gasteiger partial charge in [0.2, 0.25) is 0 Å². The second kappa shape index (κ2) is 6.06. The fourth-order valence-corrected chi connectivity index (χ4v) is 1.92. The zero-order chi connectivity index (χ0) is 14.5. The number of rotatable bonds is 4. The molecule has 0 aliphatic carbocycles. The molecule has 0 radical (unpaired) electrons. The molecule has 102 valence electrons. The Morgan fingerprint density at radius 3 is 2.75 bits per heavy atom. The second-order valence-corrected chi connectivity index (χ2v) is 4.07. The van der Waals surface area contributed by atoms with Crippen LogP contribution in [0.15, 0.2) is 53.7 Å². The van der Waals surface area contributed by atoms with Crippen LogP contribution in [0.2, 0.25) is 0 Å². The fraction of sp³-hybridized carbons (Fsp3) is 0.133. The number of aliphatic imine (C=N–C) groups is 1. The third-order valence-corrected chi connectivity index (χ3v) is 2.78. The smallest absolute Gasteiger partial charge is 0.148 e. The second-order valence-electron chi connectivity index (χ2n) is 4.07. The maximum absolute atomic E-state index is 13.9. The van der Waals surface area contributed by atoms with Crippen molar-refractivity contribution in [3.8, 4) is 5.69 Å². The summed E-state index contributed by atoms with van der Waals surface area (Å²) in [5, 5.41) is 12.1. The highest BCUT2D eigenvalue weighted by Gasteiger charge is 2.15. The molecule has 1 N–H and O–H groups in total. The van der Waals surface area contributed by atoms with Gasteiger partial charge in [-0.1, -0.05) is 18.2 Å². The molecule has 0 saturated heterocycles. The number of aromatic nitrogens is 2. The van der Waals surface area contributed by atoms with Gasteiger partial charge in [0.05, 0.1) is 17.6 Å². The lowest BCUT2D eigenvalue weighted by Gasteiger charge is -2.09. The number of halogens is 1. The molecular weight excluding hydrogens is 255 g/mol. The number of hydrogen-bond acceptors (Lipinski definition) is 3. The lowest BCUT2D eigenvalue weighted by atomic mass is 10.1. The topological polar surface area (TPSA) is 54.0 Å². The summed E-state index contributed by atoms with van der Waals surface area (Å²) in [6.07, 6.45) is 4.97. The third-order valence-electron chi connectivity index (χ3n) is 2.78. The molecule has 5 heteroatoms. The van der Waals surface area contributed by atoms with Crippen LogP contribution in [0, 0.1) is 11.2 Å². The largest absolute Gasteiger partial charge is 0.299 e. The number of benzene rings is 1. The van der Waals surface area contributed by atoms with Crippen LogP contribution in [0.5, 0.6) is 0 Å². The molecule has 0 atom stereocenters. The number of para-hydroxylation sites is 1. The minimum atomic E-state index is -0.370. The van der Waals surface area contributed by atoms with E-state index in [1.54, 1.807) is 49.7 Å². The van der Waals surface area contributed by atoms with E-state index in [2.05, 4.69) is 10.1 Å². The summed E-state index contributed by atoms with van der Waals surface area (Å²) in [5.74, 6) is -0.370. The predicted octanol–water partition coefficient (Wildman–Crippen LogP) is 3.03. The third kappa shape index (κ3) is 2.56. The first-order valence-corrected chi connectivity index (χ1v) is 6.16. The quantitative estimate of drug-likeness (QED) is 0.853. The van der Waals surface area contributed by atoms with Gasteiger partial charge in [-0.2, -0.15) is 5.10 Å². The van der Waals surface area contributed by atoms with Crippen molar-refractivity contribution in [3.63, 3.8) is 0 Å². The van der Waals surface area contributed by atoms with Gasteiger partial charge in [-0.15, -0.1) is 0 Å². The molecule has 1 aromatic heterocycles. The zero-order valence-corrected chi connectivity index (χ0v) is 11.3. The van der Waals surface area contributed by atoms with Crippen LogP contribution >= 0.6 is 0 Å². The summed E-state index contributed by atoms with van der Waals surface area (Å²) < 4.78 is 15.3. The van der Waals surface area contributed by atoms with Gasteiger partial charge in [-0.25, -0.2) is 9.07 Å². The molecule has 0 amide bonds. The summed E-state index contributed by atoms with van der Waals surface area (Å²) in [6, 6.07) is 8.09. The minimum Gasteiger partial charge on any atom is -0.299 e. The number of nitrogens with zero attached hydrogens (tertiary/aromatic N) is 3. The molecule has 0 unspecified atom stereocenters. The number of hydrogen-bond donors (Lipinski definition) is 1. The van der Waals surface area contributed by atoms with E-state index < -0.39 is 0 Å². The van der Waals surface area contributed by atoms with E-state index >= 15 is 0 Å². The molecule has 0 bridgehead atoms. The summed E-state index contributed by atoms with van der Waals surface area (Å²) in [5.41, 5.74) is 1.64. The zero-order valence-electron chi connectivity index (χ0n) is 11.3. The molecule has 2 aromatic rings. The van der Waals surface area contributed by atoms with Crippen LogP contribution in [0.25, 0.3) is 5.69 Å². The Morgan fingerprint density at radius 1 is 1.35 bits per heavy atom. The van der Waals surface area contributed by atoms with Gasteiger partial charge in [-0.3, -0.25) is 10.4 Å². The van der Waals surface area contributed by atoms with Gasteiger partial charge in [0, 0.05) is 7.05 Å². The molecule has 1 heterocycles. The summed E-state index contributed by atoms with van der Waals surface area (Å²) >= 11 is 0. The van der Waals surface area contributed by atoms with Crippen LogP contribution in [0.3, 0.4) is 0 Å². The van der Waals surface area contributed by atoms with E-state index in [9.17, 15) is 4.39 Å². The van der Waals surface area contributed by atoms with Crippen molar-refractivity contribution in [2.75, 3.05) is 7.05 Å². The minimum absolute atomic E-state index is 0.257. The van der Waals surface area contributed by atoms with E-state index in [4.69, 9.17) is 5.41 Å². The summed E-state index contributed by atoms with van der Waals surface area (Å²) in [7, 11) is 1.60. The van der Waals surface area contributed by atoms with Crippen LogP contribution in [-0.2, 0) is 0 Å². The maximum Gasteiger partial charge on any atom is 0.148 e. The molecule has 20 heavy (non-hydrogen) atoms. The van der Waals surface area contributed by atoms with Crippen molar-refractivity contribution in [1.29, 1.82) is 5.41 Å². The van der Waals surface area contributed by atoms with Gasteiger partial charge in [0.25, 0.3) is 0 Å². The number of allylic oxidation sites excluding steroid dienone is 2. The normalized spacial score (nSPS) is 12.1. The maximum atomic E-state index is 13.9. The van der Waals surface area contributed by atoms with Crippen LogP contribution < -0.4 is 0 Å². The van der Waals surface area contributed by atoms with Crippen molar-refractivity contribution in [2.24, 2.45) is 4.99 Å². The van der Waals surface area contributed by atoms with Crippen LogP contribution in [0.1, 0.15) is 12.6 Å². The standard InChI is InChI=1S/C15H15FN4/c1-3-6-12(17)15(18-2)14-9-10-19-20(14)13-8-5-4-7-11(13)16/h3-10,17H,1-2H3/b6-3-,17-12?,18-15?. The van der Waals surface area contributed by atoms with Crippen molar-refractivity contribution >= 4 is 11.4 Å². The van der Waals surface area contributed by atoms with Crippen LogP contribution in [-0.4, -0.2) is 28.3 Å². The predicted molar refractivity (Wildman–Crippen MR) is 78.5 cm³/mol. The Kier molecular flexibility index (Phi) is 4.20. The molecule has 0 aliphatic rings. The molecule has 4 nitrogen and oxygen atoms in total. The van der Waals surface area contributed by atoms with E-state index in [1.807, 2.05) is 6.92 Å². The molecule has 1 aromatic carbocycles. The molecule has 0 spiro atoms. The molecule has 2 rings (SSSR count). The Bertz CT molecular complexity index is 683. The highest BCUT2D eigenvalue weighted by molar-refractivity contribution is 6.50. The Hall–Kier alpha value is -2.56. The first-order chi connectivity index (χ1) is 9.69. The average Bonchev–Trinajstić information content (AvgIpc) is 2.89. The van der Waals surface area contributed by atoms with Crippen molar-refractivity contribution in [3.05, 3.63) is 60.2 Å². The fourth-order valence-electron chi connectivity index (χ4n) is 1.92. The van der Waals surface area contributed by atoms with Crippen molar-refractivity contribution in [1.82, 2.24) is 9.78 Å². The van der Waals surface area contributed by atoms with Gasteiger partial charge >= 0.3 is 0 Å². The van der Waals surface area contributed by atoms with Crippen molar-refractivity contribution in [2.45, 2.75) is 6.92 Å². The highest BCUT2D eigenvalue weighted by Crippen LogP contribution is 2.15. The van der Waals surface area contributed by atoms with E-state index in [1.165, 1.54) is 10.7 Å². The highest BCUT2D eigenvalue weighted by atomic mass is 19.1. The molecule has 0 fully saturated rings. The van der Waals surface area contributed by atoms with E-state index in [0.29, 0.717) is 17.1 Å².